The third kappa shape index (κ3) is 2.34. The molecular weight excluding hydrogens is 174 g/mol. The first kappa shape index (κ1) is 8.81. The number of hydrogen-bond acceptors (Lipinski definition) is 3. The van der Waals surface area contributed by atoms with E-state index in [2.05, 4.69) is 24.7 Å². The second kappa shape index (κ2) is 3.93. The van der Waals surface area contributed by atoms with Gasteiger partial charge < -0.3 is 5.73 Å². The Morgan fingerprint density at radius 3 is 2.82 bits per heavy atom. The largest absolute Gasteiger partial charge is 0.399 e. The van der Waals surface area contributed by atoms with Crippen molar-refractivity contribution in [2.75, 3.05) is 5.73 Å². The van der Waals surface area contributed by atoms with Crippen molar-refractivity contribution in [3.05, 3.63) is 29.8 Å². The van der Waals surface area contributed by atoms with Gasteiger partial charge in [-0.2, -0.15) is 0 Å². The first-order valence-corrected chi connectivity index (χ1v) is 5.33. The SMILES string of the molecule is CC(SS)c1cccc(N)c1. The van der Waals surface area contributed by atoms with Gasteiger partial charge in [0, 0.05) is 10.9 Å². The lowest BCUT2D eigenvalue weighted by molar-refractivity contribution is 1.11. The van der Waals surface area contributed by atoms with E-state index in [0.29, 0.717) is 5.25 Å². The molecule has 1 rings (SSSR count). The second-order valence-corrected chi connectivity index (χ2v) is 3.97. The molecule has 1 aromatic carbocycles. The Bertz CT molecular complexity index is 237. The normalized spacial score (nSPS) is 12.9. The zero-order chi connectivity index (χ0) is 8.27. The van der Waals surface area contributed by atoms with Gasteiger partial charge in [0.05, 0.1) is 0 Å². The minimum Gasteiger partial charge on any atom is -0.399 e. The highest BCUT2D eigenvalue weighted by atomic mass is 33.1. The average molecular weight is 185 g/mol. The van der Waals surface area contributed by atoms with Crippen molar-refractivity contribution in [2.24, 2.45) is 0 Å². The highest BCUT2D eigenvalue weighted by Gasteiger charge is 2.02. The van der Waals surface area contributed by atoms with Crippen LogP contribution in [0.25, 0.3) is 0 Å². The third-order valence-electron chi connectivity index (χ3n) is 1.54. The van der Waals surface area contributed by atoms with Crippen LogP contribution in [0.4, 0.5) is 5.69 Å². The van der Waals surface area contributed by atoms with Crippen LogP contribution in [-0.4, -0.2) is 0 Å². The van der Waals surface area contributed by atoms with Gasteiger partial charge in [-0.25, -0.2) is 0 Å². The van der Waals surface area contributed by atoms with Crippen molar-refractivity contribution in [1.29, 1.82) is 0 Å². The summed E-state index contributed by atoms with van der Waals surface area (Å²) in [5, 5.41) is 0.404. The summed E-state index contributed by atoms with van der Waals surface area (Å²) in [6.45, 7) is 2.10. The average Bonchev–Trinajstić information content (AvgIpc) is 2.03. The van der Waals surface area contributed by atoms with Gasteiger partial charge in [0.2, 0.25) is 0 Å². The topological polar surface area (TPSA) is 26.0 Å². The van der Waals surface area contributed by atoms with Crippen LogP contribution in [0.2, 0.25) is 0 Å². The maximum absolute atomic E-state index is 5.62. The maximum Gasteiger partial charge on any atom is 0.0371 e. The molecular formula is C8H11NS2. The molecule has 2 N–H and O–H groups in total. The van der Waals surface area contributed by atoms with E-state index in [1.165, 1.54) is 16.4 Å². The second-order valence-electron chi connectivity index (χ2n) is 2.42. The first-order chi connectivity index (χ1) is 5.24. The van der Waals surface area contributed by atoms with E-state index in [4.69, 9.17) is 5.73 Å². The van der Waals surface area contributed by atoms with Crippen LogP contribution in [-0.2, 0) is 0 Å². The zero-order valence-electron chi connectivity index (χ0n) is 6.32. The number of hydrogen-bond donors (Lipinski definition) is 2. The molecule has 1 nitrogen and oxygen atoms in total. The molecule has 3 heteroatoms. The van der Waals surface area contributed by atoms with Crippen molar-refractivity contribution in [1.82, 2.24) is 0 Å². The number of nitrogens with two attached hydrogens (primary N) is 1. The molecule has 0 aliphatic carbocycles. The number of thiol groups is 1. The summed E-state index contributed by atoms with van der Waals surface area (Å²) >= 11 is 4.14. The molecule has 0 spiro atoms. The molecule has 0 amide bonds. The fraction of sp³-hybridized carbons (Fsp3) is 0.250. The minimum absolute atomic E-state index is 0.404. The fourth-order valence-electron chi connectivity index (χ4n) is 0.873. The van der Waals surface area contributed by atoms with E-state index >= 15 is 0 Å². The third-order valence-corrected chi connectivity index (χ3v) is 3.08. The number of anilines is 1. The minimum atomic E-state index is 0.404. The van der Waals surface area contributed by atoms with Gasteiger partial charge in [-0.15, -0.1) is 11.7 Å². The summed E-state index contributed by atoms with van der Waals surface area (Å²) in [5.41, 5.74) is 7.66. The van der Waals surface area contributed by atoms with E-state index in [0.717, 1.165) is 5.69 Å². The standard InChI is InChI=1S/C8H11NS2/c1-6(11-10)7-3-2-4-8(9)5-7/h2-6,10H,9H2,1H3. The lowest BCUT2D eigenvalue weighted by atomic mass is 10.1. The van der Waals surface area contributed by atoms with E-state index in [-0.39, 0.29) is 0 Å². The molecule has 0 radical (unpaired) electrons. The van der Waals surface area contributed by atoms with Gasteiger partial charge in [0.1, 0.15) is 0 Å². The summed E-state index contributed by atoms with van der Waals surface area (Å²) < 4.78 is 0. The number of rotatable bonds is 2. The fourth-order valence-corrected chi connectivity index (χ4v) is 1.51. The van der Waals surface area contributed by atoms with Crippen molar-refractivity contribution in [3.8, 4) is 0 Å². The molecule has 0 aromatic heterocycles. The van der Waals surface area contributed by atoms with Gasteiger partial charge in [0.25, 0.3) is 0 Å². The molecule has 1 aromatic rings. The van der Waals surface area contributed by atoms with Crippen LogP contribution >= 0.6 is 22.5 Å². The van der Waals surface area contributed by atoms with Gasteiger partial charge in [0.15, 0.2) is 0 Å². The Kier molecular flexibility index (Phi) is 3.15. The quantitative estimate of drug-likeness (QED) is 0.421. The molecule has 0 saturated heterocycles. The summed E-state index contributed by atoms with van der Waals surface area (Å²) in [4.78, 5) is 0. The number of benzene rings is 1. The monoisotopic (exact) mass is 185 g/mol. The Labute approximate surface area is 76.2 Å². The van der Waals surface area contributed by atoms with Crippen LogP contribution in [0.1, 0.15) is 17.7 Å². The van der Waals surface area contributed by atoms with E-state index in [1.54, 1.807) is 0 Å². The van der Waals surface area contributed by atoms with Gasteiger partial charge in [-0.3, -0.25) is 0 Å². The molecule has 0 saturated carbocycles. The smallest absolute Gasteiger partial charge is 0.0371 e. The van der Waals surface area contributed by atoms with Crippen LogP contribution in [0.5, 0.6) is 0 Å². The summed E-state index contributed by atoms with van der Waals surface area (Å²) in [6, 6.07) is 7.89. The van der Waals surface area contributed by atoms with Crippen LogP contribution < -0.4 is 5.73 Å². The lowest BCUT2D eigenvalue weighted by Gasteiger charge is -2.07. The predicted octanol–water partition coefficient (Wildman–Crippen LogP) is 2.91. The summed E-state index contributed by atoms with van der Waals surface area (Å²) in [7, 11) is 1.53. The van der Waals surface area contributed by atoms with Crippen molar-refractivity contribution in [3.63, 3.8) is 0 Å². The van der Waals surface area contributed by atoms with Crippen LogP contribution in [0.15, 0.2) is 24.3 Å². The highest BCUT2D eigenvalue weighted by molar-refractivity contribution is 8.68. The molecule has 11 heavy (non-hydrogen) atoms. The zero-order valence-corrected chi connectivity index (χ0v) is 8.03. The van der Waals surface area contributed by atoms with Crippen molar-refractivity contribution in [2.45, 2.75) is 12.2 Å². The molecule has 60 valence electrons. The molecule has 0 aliphatic rings. The van der Waals surface area contributed by atoms with Gasteiger partial charge in [-0.05, 0) is 24.6 Å². The predicted molar refractivity (Wildman–Crippen MR) is 55.8 cm³/mol. The van der Waals surface area contributed by atoms with Gasteiger partial charge in [-0.1, -0.05) is 22.9 Å². The Balaban J connectivity index is 2.86. The molecule has 0 heterocycles. The Hall–Kier alpha value is -0.280. The van der Waals surface area contributed by atoms with E-state index < -0.39 is 0 Å². The highest BCUT2D eigenvalue weighted by Crippen LogP contribution is 2.31. The van der Waals surface area contributed by atoms with Crippen LogP contribution in [0, 0.1) is 0 Å². The number of nitrogen functional groups attached to an aromatic ring is 1. The molecule has 0 aliphatic heterocycles. The maximum atomic E-state index is 5.62. The first-order valence-electron chi connectivity index (χ1n) is 3.39. The molecule has 1 unspecified atom stereocenters. The van der Waals surface area contributed by atoms with E-state index in [9.17, 15) is 0 Å². The Morgan fingerprint density at radius 1 is 1.55 bits per heavy atom. The summed E-state index contributed by atoms with van der Waals surface area (Å²) in [6.07, 6.45) is 0. The lowest BCUT2D eigenvalue weighted by Crippen LogP contribution is -1.89. The van der Waals surface area contributed by atoms with E-state index in [1.807, 2.05) is 18.2 Å². The van der Waals surface area contributed by atoms with Crippen molar-refractivity contribution >= 4 is 28.1 Å². The van der Waals surface area contributed by atoms with Gasteiger partial charge >= 0.3 is 0 Å². The van der Waals surface area contributed by atoms with Crippen LogP contribution in [0.3, 0.4) is 0 Å². The summed E-state index contributed by atoms with van der Waals surface area (Å²) in [5.74, 6) is 0. The Morgan fingerprint density at radius 2 is 2.27 bits per heavy atom. The molecule has 1 atom stereocenters. The molecule has 0 fully saturated rings. The van der Waals surface area contributed by atoms with Crippen molar-refractivity contribution < 1.29 is 0 Å². The molecule has 0 bridgehead atoms.